The summed E-state index contributed by atoms with van der Waals surface area (Å²) < 4.78 is 0. The lowest BCUT2D eigenvalue weighted by molar-refractivity contribution is 0.0712. The standard InChI is InChI=1S/C36H63N/c1-11-13-33-19-17-24(3)14-15-25(4)20-29(8)32(12-2)21-26(5)16-18-27(6)35(33)23-34-22-28(7)30(9)31(10)36(34)37/h14-15,20,27-36H,3,5,11-13,16-19,21-23,37H2,1-2,4,6-10H3/b15-14+,25-20+/t27-,28-,29-,30?,31?,32-,33-,34-,35?,36?/m0/s1. The van der Waals surface area contributed by atoms with E-state index in [0.29, 0.717) is 35.6 Å². The lowest BCUT2D eigenvalue weighted by Gasteiger charge is -2.45. The fraction of sp³-hybridized carbons (Fsp3) is 0.778. The SMILES string of the molecule is C=C1/C=C/C(C)=C/[C@H](C)[C@@H](CC)CC(=C)CC[C@H](C)C(C[C@@H]2C[C@H](C)C(C)C(C)C2N)[C@@H](CCC)CC1. The molecular formula is C36H63N. The molecule has 0 aromatic heterocycles. The highest BCUT2D eigenvalue weighted by Gasteiger charge is 2.39. The Morgan fingerprint density at radius 3 is 2.22 bits per heavy atom. The first-order valence-corrected chi connectivity index (χ1v) is 15.9. The van der Waals surface area contributed by atoms with Crippen molar-refractivity contribution in [2.24, 2.45) is 59.0 Å². The Kier molecular flexibility index (Phi) is 13.5. The maximum atomic E-state index is 6.96. The van der Waals surface area contributed by atoms with E-state index < -0.39 is 0 Å². The summed E-state index contributed by atoms with van der Waals surface area (Å²) in [6, 6.07) is 0.343. The molecule has 0 aromatic rings. The highest BCUT2D eigenvalue weighted by molar-refractivity contribution is 5.25. The van der Waals surface area contributed by atoms with E-state index in [9.17, 15) is 0 Å². The van der Waals surface area contributed by atoms with Crippen molar-refractivity contribution in [3.05, 3.63) is 48.1 Å². The molecule has 0 amide bonds. The van der Waals surface area contributed by atoms with Crippen LogP contribution in [0.5, 0.6) is 0 Å². The summed E-state index contributed by atoms with van der Waals surface area (Å²) in [7, 11) is 0. The van der Waals surface area contributed by atoms with Crippen LogP contribution in [-0.2, 0) is 0 Å². The van der Waals surface area contributed by atoms with Crippen LogP contribution < -0.4 is 5.73 Å². The lowest BCUT2D eigenvalue weighted by atomic mass is 9.62. The van der Waals surface area contributed by atoms with Gasteiger partial charge in [-0.1, -0.05) is 116 Å². The molecule has 10 atom stereocenters. The van der Waals surface area contributed by atoms with Crippen LogP contribution in [0.15, 0.2) is 48.1 Å². The largest absolute Gasteiger partial charge is 0.327 e. The average molecular weight is 510 g/mol. The second-order valence-corrected chi connectivity index (χ2v) is 13.7. The van der Waals surface area contributed by atoms with E-state index in [1.165, 1.54) is 68.1 Å². The molecule has 0 radical (unpaired) electrons. The molecule has 2 aliphatic rings. The van der Waals surface area contributed by atoms with Crippen LogP contribution in [0, 0.1) is 53.3 Å². The molecule has 1 heteroatoms. The third-order valence-electron chi connectivity index (χ3n) is 10.8. The predicted molar refractivity (Wildman–Crippen MR) is 166 cm³/mol. The number of hydrogen-bond donors (Lipinski definition) is 1. The van der Waals surface area contributed by atoms with Gasteiger partial charge < -0.3 is 5.73 Å². The molecule has 37 heavy (non-hydrogen) atoms. The van der Waals surface area contributed by atoms with Crippen molar-refractivity contribution in [1.29, 1.82) is 0 Å². The third-order valence-corrected chi connectivity index (χ3v) is 10.8. The predicted octanol–water partition coefficient (Wildman–Crippen LogP) is 10.5. The molecule has 2 rings (SSSR count). The summed E-state index contributed by atoms with van der Waals surface area (Å²) in [4.78, 5) is 0. The fourth-order valence-corrected chi connectivity index (χ4v) is 7.71. The zero-order valence-corrected chi connectivity index (χ0v) is 26.1. The zero-order chi connectivity index (χ0) is 27.7. The van der Waals surface area contributed by atoms with Crippen molar-refractivity contribution in [3.63, 3.8) is 0 Å². The van der Waals surface area contributed by atoms with Gasteiger partial charge in [-0.15, -0.1) is 0 Å². The Hall–Kier alpha value is -1.08. The zero-order valence-electron chi connectivity index (χ0n) is 26.1. The first-order chi connectivity index (χ1) is 17.5. The van der Waals surface area contributed by atoms with Crippen LogP contribution in [0.25, 0.3) is 0 Å². The molecule has 1 fully saturated rings. The van der Waals surface area contributed by atoms with Crippen LogP contribution >= 0.6 is 0 Å². The summed E-state index contributed by atoms with van der Waals surface area (Å²) in [5, 5.41) is 0. The van der Waals surface area contributed by atoms with Crippen molar-refractivity contribution in [2.45, 2.75) is 126 Å². The summed E-state index contributed by atoms with van der Waals surface area (Å²) in [5.41, 5.74) is 11.1. The van der Waals surface area contributed by atoms with E-state index in [2.05, 4.69) is 86.8 Å². The molecule has 1 nitrogen and oxygen atoms in total. The monoisotopic (exact) mass is 509 g/mol. The Bertz CT molecular complexity index is 772. The van der Waals surface area contributed by atoms with Crippen LogP contribution in [0.4, 0.5) is 0 Å². The van der Waals surface area contributed by atoms with E-state index in [0.717, 1.165) is 36.5 Å². The van der Waals surface area contributed by atoms with E-state index in [1.807, 2.05) is 0 Å². The molecular weight excluding hydrogens is 446 g/mol. The minimum atomic E-state index is 0.343. The Labute approximate surface area is 232 Å². The molecule has 0 aromatic carbocycles. The van der Waals surface area contributed by atoms with Crippen molar-refractivity contribution in [2.75, 3.05) is 0 Å². The van der Waals surface area contributed by atoms with Crippen LogP contribution in [0.3, 0.4) is 0 Å². The molecule has 2 aliphatic carbocycles. The van der Waals surface area contributed by atoms with Gasteiger partial charge in [-0.2, -0.15) is 0 Å². The maximum absolute atomic E-state index is 6.96. The van der Waals surface area contributed by atoms with E-state index >= 15 is 0 Å². The van der Waals surface area contributed by atoms with Gasteiger partial charge in [-0.25, -0.2) is 0 Å². The third kappa shape index (κ3) is 9.56. The van der Waals surface area contributed by atoms with Gasteiger partial charge in [0.2, 0.25) is 0 Å². The van der Waals surface area contributed by atoms with Gasteiger partial charge in [-0.3, -0.25) is 0 Å². The summed E-state index contributed by atoms with van der Waals surface area (Å²) in [6.07, 6.45) is 19.4. The Morgan fingerprint density at radius 2 is 1.57 bits per heavy atom. The second kappa shape index (κ2) is 15.5. The number of hydrogen-bond acceptors (Lipinski definition) is 1. The maximum Gasteiger partial charge on any atom is 0.00958 e. The molecule has 0 bridgehead atoms. The number of rotatable bonds is 5. The summed E-state index contributed by atoms with van der Waals surface area (Å²) >= 11 is 0. The smallest absolute Gasteiger partial charge is 0.00958 e. The first kappa shape index (κ1) is 32.1. The topological polar surface area (TPSA) is 26.0 Å². The molecule has 0 aliphatic heterocycles. The second-order valence-electron chi connectivity index (χ2n) is 13.7. The minimum Gasteiger partial charge on any atom is -0.327 e. The van der Waals surface area contributed by atoms with Crippen molar-refractivity contribution < 1.29 is 0 Å². The van der Waals surface area contributed by atoms with Crippen molar-refractivity contribution in [1.82, 2.24) is 0 Å². The van der Waals surface area contributed by atoms with Gasteiger partial charge in [0.05, 0.1) is 0 Å². The molecule has 1 saturated carbocycles. The lowest BCUT2D eigenvalue weighted by Crippen LogP contribution is -2.47. The summed E-state index contributed by atoms with van der Waals surface area (Å²) in [6.45, 7) is 28.2. The minimum absolute atomic E-state index is 0.343. The molecule has 0 spiro atoms. The van der Waals surface area contributed by atoms with Crippen LogP contribution in [-0.4, -0.2) is 6.04 Å². The summed E-state index contributed by atoms with van der Waals surface area (Å²) in [5.74, 6) is 6.24. The van der Waals surface area contributed by atoms with Crippen molar-refractivity contribution >= 4 is 0 Å². The molecule has 2 N–H and O–H groups in total. The van der Waals surface area contributed by atoms with Gasteiger partial charge in [0, 0.05) is 6.04 Å². The number of allylic oxidation sites excluding steroid dienone is 6. The Balaban J connectivity index is 2.33. The molecule has 0 saturated heterocycles. The van der Waals surface area contributed by atoms with Crippen molar-refractivity contribution in [3.8, 4) is 0 Å². The fourth-order valence-electron chi connectivity index (χ4n) is 7.71. The van der Waals surface area contributed by atoms with Crippen LogP contribution in [0.2, 0.25) is 0 Å². The van der Waals surface area contributed by atoms with Gasteiger partial charge in [0.25, 0.3) is 0 Å². The molecule has 4 unspecified atom stereocenters. The van der Waals surface area contributed by atoms with Gasteiger partial charge in [-0.05, 0) is 105 Å². The molecule has 0 heterocycles. The first-order valence-electron chi connectivity index (χ1n) is 15.9. The highest BCUT2D eigenvalue weighted by atomic mass is 14.7. The quantitative estimate of drug-likeness (QED) is 0.366. The van der Waals surface area contributed by atoms with E-state index in [1.54, 1.807) is 0 Å². The number of nitrogens with two attached hydrogens (primary N) is 1. The normalized spacial score (nSPS) is 41.7. The van der Waals surface area contributed by atoms with Gasteiger partial charge >= 0.3 is 0 Å². The highest BCUT2D eigenvalue weighted by Crippen LogP contribution is 2.44. The van der Waals surface area contributed by atoms with E-state index in [4.69, 9.17) is 5.73 Å². The van der Waals surface area contributed by atoms with E-state index in [-0.39, 0.29) is 0 Å². The molecule has 212 valence electrons. The average Bonchev–Trinajstić information content (AvgIpc) is 2.86. The van der Waals surface area contributed by atoms with Gasteiger partial charge in [0.1, 0.15) is 0 Å². The Morgan fingerprint density at radius 1 is 0.865 bits per heavy atom. The van der Waals surface area contributed by atoms with Gasteiger partial charge in [0.15, 0.2) is 0 Å². The van der Waals surface area contributed by atoms with Crippen LogP contribution in [0.1, 0.15) is 120 Å².